The van der Waals surface area contributed by atoms with Crippen LogP contribution in [0.15, 0.2) is 48.5 Å². The lowest BCUT2D eigenvalue weighted by atomic mass is 10.1. The zero-order valence-electron chi connectivity index (χ0n) is 14.1. The average molecular weight is 341 g/mol. The Morgan fingerprint density at radius 1 is 0.920 bits per heavy atom. The van der Waals surface area contributed by atoms with Crippen molar-refractivity contribution in [2.75, 3.05) is 13.2 Å². The molecule has 0 atom stereocenters. The first kappa shape index (κ1) is 18.2. The Balaban J connectivity index is 1.73. The van der Waals surface area contributed by atoms with Gasteiger partial charge in [0.15, 0.2) is 13.2 Å². The van der Waals surface area contributed by atoms with Crippen molar-refractivity contribution in [3.63, 3.8) is 0 Å². The molecule has 6 heteroatoms. The number of benzene rings is 2. The van der Waals surface area contributed by atoms with E-state index in [-0.39, 0.29) is 6.61 Å². The number of hydrogen-bond acceptors (Lipinski definition) is 5. The molecule has 25 heavy (non-hydrogen) atoms. The highest BCUT2D eigenvalue weighted by Gasteiger charge is 2.12. The van der Waals surface area contributed by atoms with E-state index in [2.05, 4.69) is 5.32 Å². The predicted octanol–water partition coefficient (Wildman–Crippen LogP) is 2.18. The summed E-state index contributed by atoms with van der Waals surface area (Å²) in [5.74, 6) is -1.40. The lowest BCUT2D eigenvalue weighted by Gasteiger charge is -2.09. The van der Waals surface area contributed by atoms with Crippen molar-refractivity contribution in [1.82, 2.24) is 5.32 Å². The van der Waals surface area contributed by atoms with Gasteiger partial charge in [-0.1, -0.05) is 24.3 Å². The lowest BCUT2D eigenvalue weighted by molar-refractivity contribution is -0.150. The van der Waals surface area contributed by atoms with E-state index in [4.69, 9.17) is 9.47 Å². The van der Waals surface area contributed by atoms with E-state index in [0.717, 1.165) is 11.1 Å². The normalized spacial score (nSPS) is 10.0. The summed E-state index contributed by atoms with van der Waals surface area (Å²) >= 11 is 0. The van der Waals surface area contributed by atoms with Crippen molar-refractivity contribution in [2.45, 2.75) is 13.8 Å². The maximum atomic E-state index is 11.8. The van der Waals surface area contributed by atoms with Crippen molar-refractivity contribution >= 4 is 17.8 Å². The quantitative estimate of drug-likeness (QED) is 0.815. The number of rotatable bonds is 6. The summed E-state index contributed by atoms with van der Waals surface area (Å²) in [5, 5.41) is 2.14. The third-order valence-electron chi connectivity index (χ3n) is 3.49. The molecule has 0 aliphatic heterocycles. The predicted molar refractivity (Wildman–Crippen MR) is 91.3 cm³/mol. The Hall–Kier alpha value is -3.15. The molecule has 0 aliphatic rings. The van der Waals surface area contributed by atoms with Crippen LogP contribution in [-0.2, 0) is 14.3 Å². The van der Waals surface area contributed by atoms with Crippen LogP contribution < -0.4 is 10.1 Å². The van der Waals surface area contributed by atoms with Crippen LogP contribution in [0.2, 0.25) is 0 Å². The lowest BCUT2D eigenvalue weighted by Crippen LogP contribution is -2.34. The molecule has 2 aromatic carbocycles. The largest absolute Gasteiger partial charge is 0.482 e. The van der Waals surface area contributed by atoms with Crippen LogP contribution in [0.25, 0.3) is 0 Å². The molecule has 0 heterocycles. The Morgan fingerprint density at radius 2 is 1.64 bits per heavy atom. The molecule has 0 saturated carbocycles. The fourth-order valence-electron chi connectivity index (χ4n) is 1.96. The van der Waals surface area contributed by atoms with Gasteiger partial charge in [-0.05, 0) is 49.2 Å². The van der Waals surface area contributed by atoms with Gasteiger partial charge in [-0.15, -0.1) is 0 Å². The Morgan fingerprint density at radius 3 is 2.32 bits per heavy atom. The van der Waals surface area contributed by atoms with Crippen LogP contribution in [0, 0.1) is 13.8 Å². The maximum Gasteiger partial charge on any atom is 0.344 e. The van der Waals surface area contributed by atoms with Crippen LogP contribution in [-0.4, -0.2) is 31.0 Å². The zero-order chi connectivity index (χ0) is 18.2. The monoisotopic (exact) mass is 341 g/mol. The number of aryl methyl sites for hydroxylation is 2. The zero-order valence-corrected chi connectivity index (χ0v) is 14.1. The van der Waals surface area contributed by atoms with Crippen molar-refractivity contribution in [1.29, 1.82) is 0 Å². The smallest absolute Gasteiger partial charge is 0.344 e. The van der Waals surface area contributed by atoms with Crippen LogP contribution in [0.3, 0.4) is 0 Å². The van der Waals surface area contributed by atoms with Gasteiger partial charge >= 0.3 is 5.97 Å². The van der Waals surface area contributed by atoms with Crippen molar-refractivity contribution < 1.29 is 23.9 Å². The van der Waals surface area contributed by atoms with E-state index in [1.54, 1.807) is 36.4 Å². The topological polar surface area (TPSA) is 81.7 Å². The number of ether oxygens (including phenoxy) is 2. The van der Waals surface area contributed by atoms with Gasteiger partial charge < -0.3 is 9.47 Å². The molecule has 0 radical (unpaired) electrons. The maximum absolute atomic E-state index is 11.8. The first-order valence-corrected chi connectivity index (χ1v) is 7.70. The highest BCUT2D eigenvalue weighted by atomic mass is 16.6. The molecule has 2 rings (SSSR count). The van der Waals surface area contributed by atoms with Crippen molar-refractivity contribution in [3.8, 4) is 5.75 Å². The summed E-state index contributed by atoms with van der Waals surface area (Å²) in [7, 11) is 0. The Labute approximate surface area is 145 Å². The molecule has 0 fully saturated rings. The Kier molecular flexibility index (Phi) is 6.28. The summed E-state index contributed by atoms with van der Waals surface area (Å²) in [6, 6.07) is 13.7. The molecule has 0 spiro atoms. The summed E-state index contributed by atoms with van der Waals surface area (Å²) < 4.78 is 10.1. The molecule has 2 aromatic rings. The van der Waals surface area contributed by atoms with Gasteiger partial charge in [-0.25, -0.2) is 4.79 Å². The van der Waals surface area contributed by atoms with E-state index in [1.807, 2.05) is 26.0 Å². The minimum atomic E-state index is -0.701. The van der Waals surface area contributed by atoms with Gasteiger partial charge in [-0.2, -0.15) is 0 Å². The first-order chi connectivity index (χ1) is 12.0. The fraction of sp³-hybridized carbons (Fsp3) is 0.211. The second kappa shape index (κ2) is 8.63. The highest BCUT2D eigenvalue weighted by Crippen LogP contribution is 2.16. The van der Waals surface area contributed by atoms with Crippen molar-refractivity contribution in [3.05, 3.63) is 65.2 Å². The third kappa shape index (κ3) is 5.76. The second-order valence-electron chi connectivity index (χ2n) is 5.44. The van der Waals surface area contributed by atoms with E-state index >= 15 is 0 Å². The van der Waals surface area contributed by atoms with E-state index < -0.39 is 24.4 Å². The van der Waals surface area contributed by atoms with E-state index in [0.29, 0.717) is 11.3 Å². The van der Waals surface area contributed by atoms with E-state index in [1.165, 1.54) is 0 Å². The molecule has 0 saturated heterocycles. The SMILES string of the molecule is Cc1ccc(OCC(=O)OCC(=O)NC(=O)c2ccccc2)cc1C. The van der Waals surface area contributed by atoms with Gasteiger partial charge in [0.25, 0.3) is 11.8 Å². The Bertz CT molecular complexity index is 771. The highest BCUT2D eigenvalue weighted by molar-refractivity contribution is 6.05. The number of imide groups is 1. The summed E-state index contributed by atoms with van der Waals surface area (Å²) in [6.45, 7) is 3.05. The molecule has 0 aliphatic carbocycles. The third-order valence-corrected chi connectivity index (χ3v) is 3.49. The summed E-state index contributed by atoms with van der Waals surface area (Å²) in [4.78, 5) is 35.0. The minimum Gasteiger partial charge on any atom is -0.482 e. The molecule has 0 aromatic heterocycles. The van der Waals surface area contributed by atoms with Gasteiger partial charge in [-0.3, -0.25) is 14.9 Å². The van der Waals surface area contributed by atoms with Crippen LogP contribution >= 0.6 is 0 Å². The summed E-state index contributed by atoms with van der Waals surface area (Å²) in [6.07, 6.45) is 0. The van der Waals surface area contributed by atoms with Crippen LogP contribution in [0.5, 0.6) is 5.75 Å². The van der Waals surface area contributed by atoms with E-state index in [9.17, 15) is 14.4 Å². The second-order valence-corrected chi connectivity index (χ2v) is 5.44. The molecule has 130 valence electrons. The molecule has 1 N–H and O–H groups in total. The molecule has 2 amide bonds. The number of carbonyl (C=O) groups excluding carboxylic acids is 3. The van der Waals surface area contributed by atoms with Gasteiger partial charge in [0.2, 0.25) is 0 Å². The average Bonchev–Trinajstić information content (AvgIpc) is 2.61. The van der Waals surface area contributed by atoms with Crippen LogP contribution in [0.4, 0.5) is 0 Å². The fourth-order valence-corrected chi connectivity index (χ4v) is 1.96. The molecule has 0 unspecified atom stereocenters. The summed E-state index contributed by atoms with van der Waals surface area (Å²) in [5.41, 5.74) is 2.51. The van der Waals surface area contributed by atoms with Gasteiger partial charge in [0.05, 0.1) is 0 Å². The molecule has 0 bridgehead atoms. The van der Waals surface area contributed by atoms with Gasteiger partial charge in [0, 0.05) is 5.56 Å². The van der Waals surface area contributed by atoms with Crippen molar-refractivity contribution in [2.24, 2.45) is 0 Å². The molecule has 6 nitrogen and oxygen atoms in total. The van der Waals surface area contributed by atoms with Crippen LogP contribution in [0.1, 0.15) is 21.5 Å². The number of hydrogen-bond donors (Lipinski definition) is 1. The number of nitrogens with one attached hydrogen (secondary N) is 1. The number of esters is 1. The molecular formula is C19H19NO5. The molecular weight excluding hydrogens is 322 g/mol. The van der Waals surface area contributed by atoms with Gasteiger partial charge in [0.1, 0.15) is 5.75 Å². The number of amides is 2. The first-order valence-electron chi connectivity index (χ1n) is 7.70. The standard InChI is InChI=1S/C19H19NO5/c1-13-8-9-16(10-14(13)2)24-12-18(22)25-11-17(21)20-19(23)15-6-4-3-5-7-15/h3-10H,11-12H2,1-2H3,(H,20,21,23). The minimum absolute atomic E-state index is 0.317. The number of carbonyl (C=O) groups is 3.